The highest BCUT2D eigenvalue weighted by Crippen LogP contribution is 2.18. The maximum Gasteiger partial charge on any atom is 0.207 e. The van der Waals surface area contributed by atoms with Crippen molar-refractivity contribution in [2.45, 2.75) is 31.9 Å². The zero-order valence-electron chi connectivity index (χ0n) is 11.0. The lowest BCUT2D eigenvalue weighted by Gasteiger charge is -2.12. The summed E-state index contributed by atoms with van der Waals surface area (Å²) >= 11 is 0. The summed E-state index contributed by atoms with van der Waals surface area (Å²) < 4.78 is 7.80. The van der Waals surface area contributed by atoms with Gasteiger partial charge in [-0.05, 0) is 31.4 Å². The van der Waals surface area contributed by atoms with Gasteiger partial charge in [-0.15, -0.1) is 0 Å². The SMILES string of the molecule is c1ccc(Nc2nccn2CCC2CCCO2)cc1. The molecule has 3 rings (SSSR count). The molecule has 1 unspecified atom stereocenters. The van der Waals surface area contributed by atoms with Crippen LogP contribution in [0.5, 0.6) is 0 Å². The Hall–Kier alpha value is -1.81. The summed E-state index contributed by atoms with van der Waals surface area (Å²) in [4.78, 5) is 4.37. The largest absolute Gasteiger partial charge is 0.378 e. The van der Waals surface area contributed by atoms with Crippen LogP contribution in [0.2, 0.25) is 0 Å². The molecule has 0 radical (unpaired) electrons. The van der Waals surface area contributed by atoms with E-state index in [1.165, 1.54) is 12.8 Å². The van der Waals surface area contributed by atoms with Crippen LogP contribution in [-0.4, -0.2) is 22.3 Å². The van der Waals surface area contributed by atoms with Crippen molar-refractivity contribution in [1.82, 2.24) is 9.55 Å². The molecular formula is C15H19N3O. The molecule has 1 aliphatic heterocycles. The van der Waals surface area contributed by atoms with E-state index in [9.17, 15) is 0 Å². The maximum absolute atomic E-state index is 5.66. The number of anilines is 2. The third-order valence-corrected chi connectivity index (χ3v) is 3.46. The maximum atomic E-state index is 5.66. The second-order valence-corrected chi connectivity index (χ2v) is 4.86. The van der Waals surface area contributed by atoms with E-state index in [0.717, 1.165) is 31.2 Å². The standard InChI is InChI=1S/C15H19N3O/c1-2-5-13(6-3-1)17-15-16-9-11-18(15)10-8-14-7-4-12-19-14/h1-3,5-6,9,11,14H,4,7-8,10,12H2,(H,16,17). The number of ether oxygens (including phenoxy) is 1. The van der Waals surface area contributed by atoms with Crippen molar-refractivity contribution in [3.05, 3.63) is 42.7 Å². The van der Waals surface area contributed by atoms with Gasteiger partial charge in [-0.25, -0.2) is 4.98 Å². The predicted molar refractivity (Wildman–Crippen MR) is 75.5 cm³/mol. The number of hydrogen-bond acceptors (Lipinski definition) is 3. The summed E-state index contributed by atoms with van der Waals surface area (Å²) in [6.45, 7) is 1.86. The van der Waals surface area contributed by atoms with Gasteiger partial charge in [0.05, 0.1) is 6.10 Å². The molecule has 0 saturated carbocycles. The third kappa shape index (κ3) is 3.15. The van der Waals surface area contributed by atoms with E-state index in [0.29, 0.717) is 6.10 Å². The molecule has 19 heavy (non-hydrogen) atoms. The number of rotatable bonds is 5. The number of para-hydroxylation sites is 1. The van der Waals surface area contributed by atoms with Gasteiger partial charge in [-0.2, -0.15) is 0 Å². The molecule has 1 fully saturated rings. The fraction of sp³-hybridized carbons (Fsp3) is 0.400. The number of nitrogens with one attached hydrogen (secondary N) is 1. The first-order chi connectivity index (χ1) is 9.42. The highest BCUT2D eigenvalue weighted by atomic mass is 16.5. The normalized spacial score (nSPS) is 18.6. The van der Waals surface area contributed by atoms with Gasteiger partial charge in [0.2, 0.25) is 5.95 Å². The van der Waals surface area contributed by atoms with Gasteiger partial charge in [0.25, 0.3) is 0 Å². The number of nitrogens with zero attached hydrogens (tertiary/aromatic N) is 2. The molecule has 1 aliphatic rings. The average Bonchev–Trinajstić information content (AvgIpc) is 3.09. The Labute approximate surface area is 113 Å². The number of benzene rings is 1. The Morgan fingerprint density at radius 1 is 1.32 bits per heavy atom. The Bertz CT molecular complexity index is 503. The number of aryl methyl sites for hydroxylation is 1. The first kappa shape index (κ1) is 12.2. The second-order valence-electron chi connectivity index (χ2n) is 4.86. The molecule has 1 aromatic heterocycles. The Morgan fingerprint density at radius 2 is 2.21 bits per heavy atom. The summed E-state index contributed by atoms with van der Waals surface area (Å²) in [5, 5.41) is 3.34. The van der Waals surface area contributed by atoms with Crippen molar-refractivity contribution in [1.29, 1.82) is 0 Å². The van der Waals surface area contributed by atoms with E-state index < -0.39 is 0 Å². The highest BCUT2D eigenvalue weighted by molar-refractivity contribution is 5.52. The van der Waals surface area contributed by atoms with Gasteiger partial charge in [0, 0.05) is 31.2 Å². The minimum atomic E-state index is 0.423. The molecule has 0 bridgehead atoms. The molecule has 4 nitrogen and oxygen atoms in total. The van der Waals surface area contributed by atoms with Gasteiger partial charge >= 0.3 is 0 Å². The molecule has 100 valence electrons. The predicted octanol–water partition coefficient (Wildman–Crippen LogP) is 3.20. The quantitative estimate of drug-likeness (QED) is 0.894. The van der Waals surface area contributed by atoms with Crippen molar-refractivity contribution >= 4 is 11.6 Å². The van der Waals surface area contributed by atoms with Crippen molar-refractivity contribution < 1.29 is 4.74 Å². The van der Waals surface area contributed by atoms with Gasteiger partial charge in [0.1, 0.15) is 0 Å². The first-order valence-corrected chi connectivity index (χ1v) is 6.86. The second kappa shape index (κ2) is 5.89. The minimum Gasteiger partial charge on any atom is -0.378 e. The molecule has 1 aromatic carbocycles. The molecule has 0 amide bonds. The molecule has 1 saturated heterocycles. The van der Waals surface area contributed by atoms with Crippen LogP contribution in [0.1, 0.15) is 19.3 Å². The highest BCUT2D eigenvalue weighted by Gasteiger charge is 2.15. The lowest BCUT2D eigenvalue weighted by molar-refractivity contribution is 0.100. The molecular weight excluding hydrogens is 238 g/mol. The summed E-state index contributed by atoms with van der Waals surface area (Å²) in [6.07, 6.45) is 7.72. The molecule has 0 aliphatic carbocycles. The Balaban J connectivity index is 1.61. The van der Waals surface area contributed by atoms with Crippen molar-refractivity contribution in [3.63, 3.8) is 0 Å². The van der Waals surface area contributed by atoms with E-state index in [4.69, 9.17) is 4.74 Å². The van der Waals surface area contributed by atoms with Crippen LogP contribution in [0.15, 0.2) is 42.7 Å². The van der Waals surface area contributed by atoms with Crippen LogP contribution in [0, 0.1) is 0 Å². The van der Waals surface area contributed by atoms with Crippen molar-refractivity contribution in [2.75, 3.05) is 11.9 Å². The lowest BCUT2D eigenvalue weighted by Crippen LogP contribution is -2.11. The third-order valence-electron chi connectivity index (χ3n) is 3.46. The zero-order valence-corrected chi connectivity index (χ0v) is 11.0. The Kier molecular flexibility index (Phi) is 3.79. The van der Waals surface area contributed by atoms with Crippen molar-refractivity contribution in [3.8, 4) is 0 Å². The average molecular weight is 257 g/mol. The van der Waals surface area contributed by atoms with Crippen LogP contribution in [0.25, 0.3) is 0 Å². The summed E-state index contributed by atoms with van der Waals surface area (Å²) in [5.74, 6) is 0.893. The van der Waals surface area contributed by atoms with Gasteiger partial charge in [-0.1, -0.05) is 18.2 Å². The molecule has 4 heteroatoms. The molecule has 2 heterocycles. The van der Waals surface area contributed by atoms with Crippen molar-refractivity contribution in [2.24, 2.45) is 0 Å². The van der Waals surface area contributed by atoms with E-state index in [1.54, 1.807) is 0 Å². The van der Waals surface area contributed by atoms with Gasteiger partial charge < -0.3 is 14.6 Å². The van der Waals surface area contributed by atoms with Crippen LogP contribution < -0.4 is 5.32 Å². The van der Waals surface area contributed by atoms with Gasteiger partial charge in [0.15, 0.2) is 0 Å². The monoisotopic (exact) mass is 257 g/mol. The van der Waals surface area contributed by atoms with Crippen LogP contribution in [0.3, 0.4) is 0 Å². The zero-order chi connectivity index (χ0) is 12.9. The smallest absolute Gasteiger partial charge is 0.207 e. The Morgan fingerprint density at radius 3 is 3.00 bits per heavy atom. The van der Waals surface area contributed by atoms with Gasteiger partial charge in [-0.3, -0.25) is 0 Å². The van der Waals surface area contributed by atoms with E-state index in [-0.39, 0.29) is 0 Å². The first-order valence-electron chi connectivity index (χ1n) is 6.86. The topological polar surface area (TPSA) is 39.1 Å². The molecule has 1 N–H and O–H groups in total. The summed E-state index contributed by atoms with van der Waals surface area (Å²) in [7, 11) is 0. The molecule has 2 aromatic rings. The fourth-order valence-electron chi connectivity index (χ4n) is 2.42. The van der Waals surface area contributed by atoms with E-state index >= 15 is 0 Å². The number of hydrogen-bond donors (Lipinski definition) is 1. The number of aromatic nitrogens is 2. The number of imidazole rings is 1. The van der Waals surface area contributed by atoms with Crippen LogP contribution >= 0.6 is 0 Å². The molecule has 0 spiro atoms. The fourth-order valence-corrected chi connectivity index (χ4v) is 2.42. The van der Waals surface area contributed by atoms with E-state index in [2.05, 4.69) is 14.9 Å². The minimum absolute atomic E-state index is 0.423. The van der Waals surface area contributed by atoms with E-state index in [1.807, 2.05) is 42.7 Å². The molecule has 1 atom stereocenters. The lowest BCUT2D eigenvalue weighted by atomic mass is 10.2. The van der Waals surface area contributed by atoms with Crippen LogP contribution in [0.4, 0.5) is 11.6 Å². The summed E-state index contributed by atoms with van der Waals surface area (Å²) in [6, 6.07) is 10.1. The summed E-state index contributed by atoms with van der Waals surface area (Å²) in [5.41, 5.74) is 1.06. The van der Waals surface area contributed by atoms with Crippen LogP contribution in [-0.2, 0) is 11.3 Å².